The van der Waals surface area contributed by atoms with Gasteiger partial charge in [0.25, 0.3) is 5.69 Å². The Balaban J connectivity index is 2.13. The van der Waals surface area contributed by atoms with Crippen molar-refractivity contribution in [2.45, 2.75) is 25.6 Å². The third-order valence-corrected chi connectivity index (χ3v) is 2.52. The molecule has 1 heterocycles. The maximum Gasteiger partial charge on any atom is 0.273 e. The number of hydrogen-bond donors (Lipinski definition) is 0. The molecule has 0 unspecified atom stereocenters. The van der Waals surface area contributed by atoms with Crippen molar-refractivity contribution in [3.8, 4) is 5.75 Å². The van der Waals surface area contributed by atoms with Crippen molar-refractivity contribution in [1.29, 1.82) is 0 Å². The van der Waals surface area contributed by atoms with Crippen LogP contribution in [0.15, 0.2) is 18.2 Å². The molecule has 0 bridgehead atoms. The Kier molecular flexibility index (Phi) is 3.53. The van der Waals surface area contributed by atoms with Crippen LogP contribution < -0.4 is 4.74 Å². The summed E-state index contributed by atoms with van der Waals surface area (Å²) in [5, 5.41) is 10.6. The molecule has 1 saturated heterocycles. The predicted octanol–water partition coefficient (Wildman–Crippen LogP) is 2.64. The zero-order valence-electron chi connectivity index (χ0n) is 9.10. The van der Waals surface area contributed by atoms with Gasteiger partial charge in [-0.2, -0.15) is 0 Å². The van der Waals surface area contributed by atoms with E-state index in [1.807, 2.05) is 0 Å². The van der Waals surface area contributed by atoms with Gasteiger partial charge in [0.05, 0.1) is 17.6 Å². The molecule has 0 amide bonds. The summed E-state index contributed by atoms with van der Waals surface area (Å²) >= 11 is 0. The van der Waals surface area contributed by atoms with Gasteiger partial charge in [0.15, 0.2) is 17.9 Å². The van der Waals surface area contributed by atoms with Crippen LogP contribution in [0.2, 0.25) is 0 Å². The first kappa shape index (κ1) is 11.8. The molecule has 1 fully saturated rings. The molecule has 1 aliphatic heterocycles. The molecule has 0 aliphatic carbocycles. The van der Waals surface area contributed by atoms with E-state index in [-0.39, 0.29) is 11.4 Å². The molecule has 1 aromatic rings. The summed E-state index contributed by atoms with van der Waals surface area (Å²) in [6, 6.07) is 3.20. The Morgan fingerprint density at radius 1 is 1.47 bits per heavy atom. The second-order valence-corrected chi connectivity index (χ2v) is 3.79. The van der Waals surface area contributed by atoms with Crippen molar-refractivity contribution in [3.63, 3.8) is 0 Å². The van der Waals surface area contributed by atoms with Crippen LogP contribution in [-0.4, -0.2) is 17.8 Å². The van der Waals surface area contributed by atoms with Crippen LogP contribution in [0.1, 0.15) is 19.3 Å². The van der Waals surface area contributed by atoms with Crippen LogP contribution in [0.3, 0.4) is 0 Å². The third kappa shape index (κ3) is 2.91. The highest BCUT2D eigenvalue weighted by Crippen LogP contribution is 2.26. The van der Waals surface area contributed by atoms with Crippen molar-refractivity contribution in [2.24, 2.45) is 0 Å². The molecule has 0 aromatic heterocycles. The molecule has 0 saturated carbocycles. The van der Waals surface area contributed by atoms with Gasteiger partial charge in [-0.05, 0) is 18.9 Å². The molecular weight excluding hydrogens is 229 g/mol. The summed E-state index contributed by atoms with van der Waals surface area (Å²) in [6.07, 6.45) is 2.06. The van der Waals surface area contributed by atoms with Gasteiger partial charge >= 0.3 is 0 Å². The van der Waals surface area contributed by atoms with Crippen LogP contribution in [0.25, 0.3) is 0 Å². The fourth-order valence-corrected chi connectivity index (χ4v) is 1.64. The molecule has 1 aromatic carbocycles. The molecule has 5 nitrogen and oxygen atoms in total. The molecule has 0 radical (unpaired) electrons. The highest BCUT2D eigenvalue weighted by Gasteiger charge is 2.19. The fraction of sp³-hybridized carbons (Fsp3) is 0.455. The Labute approximate surface area is 97.3 Å². The number of hydrogen-bond acceptors (Lipinski definition) is 4. The first-order valence-corrected chi connectivity index (χ1v) is 5.39. The maximum absolute atomic E-state index is 13.4. The van der Waals surface area contributed by atoms with E-state index >= 15 is 0 Å². The van der Waals surface area contributed by atoms with Gasteiger partial charge in [-0.3, -0.25) is 10.1 Å². The molecule has 1 atom stereocenters. The molecule has 2 rings (SSSR count). The average molecular weight is 241 g/mol. The Hall–Kier alpha value is -1.69. The average Bonchev–Trinajstić information content (AvgIpc) is 2.33. The fourth-order valence-electron chi connectivity index (χ4n) is 1.64. The van der Waals surface area contributed by atoms with Crippen LogP contribution in [0.4, 0.5) is 10.1 Å². The predicted molar refractivity (Wildman–Crippen MR) is 57.3 cm³/mol. The van der Waals surface area contributed by atoms with Crippen molar-refractivity contribution >= 4 is 5.69 Å². The van der Waals surface area contributed by atoms with E-state index in [4.69, 9.17) is 9.47 Å². The lowest BCUT2D eigenvalue weighted by atomic mass is 10.2. The summed E-state index contributed by atoms with van der Waals surface area (Å²) in [4.78, 5) is 9.96. The number of rotatable bonds is 3. The number of nitro benzene ring substituents is 1. The van der Waals surface area contributed by atoms with Crippen molar-refractivity contribution < 1.29 is 18.8 Å². The summed E-state index contributed by atoms with van der Waals surface area (Å²) in [5.74, 6) is -0.754. The van der Waals surface area contributed by atoms with Crippen LogP contribution in [0, 0.1) is 15.9 Å². The van der Waals surface area contributed by atoms with Gasteiger partial charge in [0.1, 0.15) is 0 Å². The lowest BCUT2D eigenvalue weighted by Gasteiger charge is -2.23. The van der Waals surface area contributed by atoms with Gasteiger partial charge in [0.2, 0.25) is 0 Å². The van der Waals surface area contributed by atoms with Crippen molar-refractivity contribution in [1.82, 2.24) is 0 Å². The van der Waals surface area contributed by atoms with Gasteiger partial charge in [-0.25, -0.2) is 4.39 Å². The smallest absolute Gasteiger partial charge is 0.273 e. The lowest BCUT2D eigenvalue weighted by molar-refractivity contribution is -0.385. The first-order valence-electron chi connectivity index (χ1n) is 5.39. The van der Waals surface area contributed by atoms with E-state index in [1.54, 1.807) is 0 Å². The van der Waals surface area contributed by atoms with Crippen LogP contribution in [0.5, 0.6) is 5.75 Å². The normalized spacial score (nSPS) is 19.9. The summed E-state index contributed by atoms with van der Waals surface area (Å²) in [6.45, 7) is 0.571. The Morgan fingerprint density at radius 2 is 2.29 bits per heavy atom. The Bertz CT molecular complexity index is 418. The van der Waals surface area contributed by atoms with Gasteiger partial charge in [0, 0.05) is 12.5 Å². The topological polar surface area (TPSA) is 61.6 Å². The second kappa shape index (κ2) is 5.09. The maximum atomic E-state index is 13.4. The van der Waals surface area contributed by atoms with E-state index < -0.39 is 17.0 Å². The number of nitrogens with zero attached hydrogens (tertiary/aromatic N) is 1. The van der Waals surface area contributed by atoms with E-state index in [2.05, 4.69) is 0 Å². The zero-order valence-corrected chi connectivity index (χ0v) is 9.10. The number of benzene rings is 1. The van der Waals surface area contributed by atoms with Crippen molar-refractivity contribution in [2.75, 3.05) is 6.61 Å². The first-order chi connectivity index (χ1) is 8.16. The number of non-ortho nitro benzene ring substituents is 1. The van der Waals surface area contributed by atoms with Crippen molar-refractivity contribution in [3.05, 3.63) is 34.1 Å². The van der Waals surface area contributed by atoms with E-state index in [0.717, 1.165) is 31.0 Å². The summed E-state index contributed by atoms with van der Waals surface area (Å²) in [7, 11) is 0. The monoisotopic (exact) mass is 241 g/mol. The Morgan fingerprint density at radius 3 is 2.94 bits per heavy atom. The number of halogens is 1. The number of nitro groups is 1. The molecular formula is C11H12FNO4. The minimum absolute atomic E-state index is 0.133. The second-order valence-electron chi connectivity index (χ2n) is 3.79. The van der Waals surface area contributed by atoms with E-state index in [0.29, 0.717) is 13.0 Å². The molecule has 0 N–H and O–H groups in total. The number of ether oxygens (including phenoxy) is 2. The molecule has 17 heavy (non-hydrogen) atoms. The third-order valence-electron chi connectivity index (χ3n) is 2.52. The molecule has 1 aliphatic rings. The summed E-state index contributed by atoms with van der Waals surface area (Å²) < 4.78 is 23.9. The van der Waals surface area contributed by atoms with Gasteiger partial charge in [-0.15, -0.1) is 0 Å². The largest absolute Gasteiger partial charge is 0.462 e. The minimum atomic E-state index is -0.621. The standard InChI is InChI=1S/C11H12FNO4/c12-9-5-4-8(13(14)15)7-10(9)17-11-3-1-2-6-16-11/h4-5,7,11H,1-3,6H2/t11-/m0/s1. The quantitative estimate of drug-likeness (QED) is 0.602. The molecule has 92 valence electrons. The lowest BCUT2D eigenvalue weighted by Crippen LogP contribution is -2.25. The zero-order chi connectivity index (χ0) is 12.3. The van der Waals surface area contributed by atoms with E-state index in [1.165, 1.54) is 0 Å². The van der Waals surface area contributed by atoms with Gasteiger partial charge < -0.3 is 9.47 Å². The van der Waals surface area contributed by atoms with Crippen LogP contribution >= 0.6 is 0 Å². The van der Waals surface area contributed by atoms with Gasteiger partial charge in [-0.1, -0.05) is 0 Å². The highest BCUT2D eigenvalue weighted by molar-refractivity contribution is 5.39. The molecule has 6 heteroatoms. The van der Waals surface area contributed by atoms with Crippen LogP contribution in [-0.2, 0) is 4.74 Å². The summed E-state index contributed by atoms with van der Waals surface area (Å²) in [5.41, 5.74) is -0.197. The SMILES string of the molecule is O=[N+]([O-])c1ccc(F)c(O[C@H]2CCCCO2)c1. The van der Waals surface area contributed by atoms with E-state index in [9.17, 15) is 14.5 Å². The molecule has 0 spiro atoms. The highest BCUT2D eigenvalue weighted by atomic mass is 19.1. The minimum Gasteiger partial charge on any atom is -0.462 e.